The number of thioether (sulfide) groups is 1. The van der Waals surface area contributed by atoms with E-state index in [9.17, 15) is 0 Å². The number of unbranched alkanes of at least 4 members (excludes halogenated alkanes) is 1. The van der Waals surface area contributed by atoms with E-state index in [1.165, 1.54) is 29.7 Å². The lowest BCUT2D eigenvalue weighted by Gasteiger charge is -2.07. The minimum atomic E-state index is 0.482. The van der Waals surface area contributed by atoms with Gasteiger partial charge in [0.1, 0.15) is 5.82 Å². The summed E-state index contributed by atoms with van der Waals surface area (Å²) >= 11 is 7.90. The van der Waals surface area contributed by atoms with E-state index in [1.807, 2.05) is 11.8 Å². The van der Waals surface area contributed by atoms with Gasteiger partial charge in [-0.05, 0) is 49.5 Å². The van der Waals surface area contributed by atoms with E-state index in [4.69, 9.17) is 11.6 Å². The van der Waals surface area contributed by atoms with E-state index in [2.05, 4.69) is 40.9 Å². The molecule has 2 nitrogen and oxygen atoms in total. The quantitative estimate of drug-likeness (QED) is 0.583. The van der Waals surface area contributed by atoms with Gasteiger partial charge in [0.25, 0.3) is 0 Å². The number of benzene rings is 1. The Kier molecular flexibility index (Phi) is 4.95. The molecular formula is C14H19ClN2S. The second-order valence-electron chi connectivity index (χ2n) is 4.51. The van der Waals surface area contributed by atoms with Crippen molar-refractivity contribution in [3.05, 3.63) is 29.6 Å². The molecule has 0 N–H and O–H groups in total. The first-order chi connectivity index (χ1) is 8.76. The Morgan fingerprint density at radius 1 is 1.33 bits per heavy atom. The van der Waals surface area contributed by atoms with Crippen LogP contribution in [0.4, 0.5) is 0 Å². The zero-order valence-corrected chi connectivity index (χ0v) is 12.5. The number of halogens is 1. The molecule has 0 fully saturated rings. The van der Waals surface area contributed by atoms with E-state index in [0.29, 0.717) is 5.88 Å². The smallest absolute Gasteiger partial charge is 0.124 e. The molecule has 0 aliphatic rings. The Morgan fingerprint density at radius 3 is 2.89 bits per heavy atom. The highest BCUT2D eigenvalue weighted by molar-refractivity contribution is 7.98. The van der Waals surface area contributed by atoms with Crippen LogP contribution in [0.3, 0.4) is 0 Å². The fraction of sp³-hybridized carbons (Fsp3) is 0.500. The van der Waals surface area contributed by atoms with Crippen LogP contribution in [0.15, 0.2) is 18.2 Å². The molecule has 1 heterocycles. The number of rotatable bonds is 6. The van der Waals surface area contributed by atoms with Gasteiger partial charge in [0.2, 0.25) is 0 Å². The molecule has 1 aromatic heterocycles. The van der Waals surface area contributed by atoms with Crippen molar-refractivity contribution in [2.45, 2.75) is 32.2 Å². The molecule has 2 aromatic rings. The van der Waals surface area contributed by atoms with Crippen molar-refractivity contribution in [3.63, 3.8) is 0 Å². The van der Waals surface area contributed by atoms with Crippen LogP contribution in [-0.4, -0.2) is 21.6 Å². The standard InChI is InChI=1S/C14H19ClN2S/c1-11-5-6-13-12(9-11)16-14(10-15)17(13)7-3-4-8-18-2/h5-6,9H,3-4,7-8,10H2,1-2H3. The topological polar surface area (TPSA) is 17.8 Å². The van der Waals surface area contributed by atoms with Crippen molar-refractivity contribution < 1.29 is 0 Å². The molecule has 98 valence electrons. The molecule has 0 spiro atoms. The zero-order chi connectivity index (χ0) is 13.0. The lowest BCUT2D eigenvalue weighted by molar-refractivity contribution is 0.631. The molecule has 1 aromatic carbocycles. The first-order valence-corrected chi connectivity index (χ1v) is 8.19. The van der Waals surface area contributed by atoms with Crippen LogP contribution in [0.25, 0.3) is 11.0 Å². The number of aryl methyl sites for hydroxylation is 2. The summed E-state index contributed by atoms with van der Waals surface area (Å²) in [6, 6.07) is 6.42. The summed E-state index contributed by atoms with van der Waals surface area (Å²) in [6.07, 6.45) is 4.58. The molecule has 2 rings (SSSR count). The van der Waals surface area contributed by atoms with Crippen molar-refractivity contribution in [1.29, 1.82) is 0 Å². The third kappa shape index (κ3) is 3.01. The minimum absolute atomic E-state index is 0.482. The van der Waals surface area contributed by atoms with Gasteiger partial charge in [0.15, 0.2) is 0 Å². The van der Waals surface area contributed by atoms with E-state index in [1.54, 1.807) is 0 Å². The molecule has 0 aliphatic carbocycles. The van der Waals surface area contributed by atoms with Crippen molar-refractivity contribution in [3.8, 4) is 0 Å². The number of fused-ring (bicyclic) bond motifs is 1. The number of alkyl halides is 1. The molecule has 4 heteroatoms. The normalized spacial score (nSPS) is 11.3. The molecule has 0 unspecified atom stereocenters. The second kappa shape index (κ2) is 6.48. The van der Waals surface area contributed by atoms with Crippen LogP contribution in [0.5, 0.6) is 0 Å². The van der Waals surface area contributed by atoms with Gasteiger partial charge in [-0.3, -0.25) is 0 Å². The van der Waals surface area contributed by atoms with Gasteiger partial charge < -0.3 is 4.57 Å². The van der Waals surface area contributed by atoms with Gasteiger partial charge in [-0.2, -0.15) is 11.8 Å². The fourth-order valence-corrected chi connectivity index (χ4v) is 2.85. The summed E-state index contributed by atoms with van der Waals surface area (Å²) in [4.78, 5) is 4.62. The van der Waals surface area contributed by atoms with E-state index in [-0.39, 0.29) is 0 Å². The predicted octanol–water partition coefficient (Wildman–Crippen LogP) is 4.23. The summed E-state index contributed by atoms with van der Waals surface area (Å²) in [5.41, 5.74) is 3.52. The van der Waals surface area contributed by atoms with E-state index in [0.717, 1.165) is 17.9 Å². The molecule has 0 saturated heterocycles. The second-order valence-corrected chi connectivity index (χ2v) is 5.76. The summed E-state index contributed by atoms with van der Waals surface area (Å²) < 4.78 is 2.27. The molecule has 0 saturated carbocycles. The molecule has 0 bridgehead atoms. The van der Waals surface area contributed by atoms with Gasteiger partial charge in [0.05, 0.1) is 16.9 Å². The molecular weight excluding hydrogens is 264 g/mol. The highest BCUT2D eigenvalue weighted by Crippen LogP contribution is 2.20. The van der Waals surface area contributed by atoms with Crippen LogP contribution in [0, 0.1) is 6.92 Å². The lowest BCUT2D eigenvalue weighted by Crippen LogP contribution is -2.02. The number of hydrogen-bond acceptors (Lipinski definition) is 2. The van der Waals surface area contributed by atoms with E-state index >= 15 is 0 Å². The first kappa shape index (κ1) is 13.8. The van der Waals surface area contributed by atoms with Crippen molar-refractivity contribution in [1.82, 2.24) is 9.55 Å². The first-order valence-electron chi connectivity index (χ1n) is 6.27. The number of hydrogen-bond donors (Lipinski definition) is 0. The predicted molar refractivity (Wildman–Crippen MR) is 81.6 cm³/mol. The Bertz CT molecular complexity index is 522. The Balaban J connectivity index is 2.23. The van der Waals surface area contributed by atoms with Crippen LogP contribution in [0.2, 0.25) is 0 Å². The van der Waals surface area contributed by atoms with Crippen molar-refractivity contribution in [2.75, 3.05) is 12.0 Å². The number of imidazole rings is 1. The zero-order valence-electron chi connectivity index (χ0n) is 10.9. The van der Waals surface area contributed by atoms with Crippen LogP contribution in [-0.2, 0) is 12.4 Å². The monoisotopic (exact) mass is 282 g/mol. The third-order valence-corrected chi connectivity index (χ3v) is 4.02. The average molecular weight is 283 g/mol. The molecule has 0 amide bonds. The van der Waals surface area contributed by atoms with Crippen molar-refractivity contribution in [2.24, 2.45) is 0 Å². The van der Waals surface area contributed by atoms with Gasteiger partial charge in [-0.15, -0.1) is 11.6 Å². The maximum Gasteiger partial charge on any atom is 0.124 e. The molecule has 18 heavy (non-hydrogen) atoms. The average Bonchev–Trinajstić information content (AvgIpc) is 2.71. The van der Waals surface area contributed by atoms with Crippen LogP contribution >= 0.6 is 23.4 Å². The maximum absolute atomic E-state index is 6.00. The highest BCUT2D eigenvalue weighted by atomic mass is 35.5. The highest BCUT2D eigenvalue weighted by Gasteiger charge is 2.09. The minimum Gasteiger partial charge on any atom is -0.327 e. The van der Waals surface area contributed by atoms with Gasteiger partial charge in [-0.25, -0.2) is 4.98 Å². The fourth-order valence-electron chi connectivity index (χ4n) is 2.16. The van der Waals surface area contributed by atoms with E-state index < -0.39 is 0 Å². The van der Waals surface area contributed by atoms with Crippen LogP contribution < -0.4 is 0 Å². The van der Waals surface area contributed by atoms with Gasteiger partial charge >= 0.3 is 0 Å². The molecule has 0 aliphatic heterocycles. The third-order valence-electron chi connectivity index (χ3n) is 3.08. The summed E-state index contributed by atoms with van der Waals surface area (Å²) in [5, 5.41) is 0. The number of aromatic nitrogens is 2. The van der Waals surface area contributed by atoms with Crippen molar-refractivity contribution >= 4 is 34.4 Å². The van der Waals surface area contributed by atoms with Gasteiger partial charge in [-0.1, -0.05) is 6.07 Å². The summed E-state index contributed by atoms with van der Waals surface area (Å²) in [6.45, 7) is 3.11. The summed E-state index contributed by atoms with van der Waals surface area (Å²) in [5.74, 6) is 2.69. The van der Waals surface area contributed by atoms with Crippen LogP contribution in [0.1, 0.15) is 24.2 Å². The SMILES string of the molecule is CSCCCCn1c(CCl)nc2cc(C)ccc21. The lowest BCUT2D eigenvalue weighted by atomic mass is 10.2. The molecule has 0 atom stereocenters. The Labute approximate surface area is 118 Å². The Morgan fingerprint density at radius 2 is 2.17 bits per heavy atom. The maximum atomic E-state index is 6.00. The number of nitrogens with zero attached hydrogens (tertiary/aromatic N) is 2. The summed E-state index contributed by atoms with van der Waals surface area (Å²) in [7, 11) is 0. The molecule has 0 radical (unpaired) electrons. The van der Waals surface area contributed by atoms with Gasteiger partial charge in [0, 0.05) is 6.54 Å². The Hall–Kier alpha value is -0.670. The largest absolute Gasteiger partial charge is 0.327 e.